The monoisotopic (exact) mass is 398 g/mol. The second kappa shape index (κ2) is 7.47. The normalized spacial score (nSPS) is 20.4. The second-order valence-corrected chi connectivity index (χ2v) is 6.73. The lowest BCUT2D eigenvalue weighted by Gasteiger charge is -2.20. The van der Waals surface area contributed by atoms with E-state index in [1.807, 2.05) is 35.2 Å². The highest BCUT2D eigenvalue weighted by Gasteiger charge is 2.32. The van der Waals surface area contributed by atoms with E-state index in [1.165, 1.54) is 0 Å². The minimum atomic E-state index is -0.000637. The third kappa shape index (κ3) is 3.76. The summed E-state index contributed by atoms with van der Waals surface area (Å²) in [5.74, 6) is 0.395. The van der Waals surface area contributed by atoms with Crippen LogP contribution < -0.4 is 5.73 Å². The van der Waals surface area contributed by atoms with E-state index in [1.54, 1.807) is 0 Å². The summed E-state index contributed by atoms with van der Waals surface area (Å²) in [6.07, 6.45) is 0.968. The fraction of sp³-hybridized carbons (Fsp3) is 0.375. The van der Waals surface area contributed by atoms with Crippen molar-refractivity contribution in [3.05, 3.63) is 40.5 Å². The summed E-state index contributed by atoms with van der Waals surface area (Å²) in [4.78, 5) is 14.5. The van der Waals surface area contributed by atoms with E-state index in [0.29, 0.717) is 18.2 Å². The van der Waals surface area contributed by atoms with Crippen LogP contribution in [0.5, 0.6) is 0 Å². The molecule has 0 saturated carbocycles. The first-order valence-corrected chi connectivity index (χ1v) is 8.20. The number of rotatable bonds is 3. The summed E-state index contributed by atoms with van der Waals surface area (Å²) in [7, 11) is 0. The summed E-state index contributed by atoms with van der Waals surface area (Å²) in [6, 6.07) is 9.89. The van der Waals surface area contributed by atoms with Gasteiger partial charge in [0.1, 0.15) is 5.69 Å². The van der Waals surface area contributed by atoms with Crippen molar-refractivity contribution in [2.45, 2.75) is 19.4 Å². The Morgan fingerprint density at radius 2 is 2.13 bits per heavy atom. The molecule has 1 aliphatic heterocycles. The summed E-state index contributed by atoms with van der Waals surface area (Å²) in [6.45, 7) is 3.42. The highest BCUT2D eigenvalue weighted by molar-refractivity contribution is 9.10. The van der Waals surface area contributed by atoms with Gasteiger partial charge >= 0.3 is 0 Å². The predicted molar refractivity (Wildman–Crippen MR) is 96.6 cm³/mol. The molecule has 2 heterocycles. The van der Waals surface area contributed by atoms with Crippen molar-refractivity contribution in [3.63, 3.8) is 0 Å². The van der Waals surface area contributed by atoms with Gasteiger partial charge in [0.25, 0.3) is 5.91 Å². The summed E-state index contributed by atoms with van der Waals surface area (Å²) < 4.78 is 1.02. The number of amides is 1. The number of aromatic amines is 1. The van der Waals surface area contributed by atoms with Crippen molar-refractivity contribution in [2.24, 2.45) is 11.7 Å². The van der Waals surface area contributed by atoms with E-state index < -0.39 is 0 Å². The van der Waals surface area contributed by atoms with E-state index >= 15 is 0 Å². The topological polar surface area (TPSA) is 75.0 Å². The zero-order valence-corrected chi connectivity index (χ0v) is 15.2. The molecule has 23 heavy (non-hydrogen) atoms. The molecule has 1 amide bonds. The van der Waals surface area contributed by atoms with Crippen LogP contribution in [-0.4, -0.2) is 40.1 Å². The Balaban J connectivity index is 0.00000192. The highest BCUT2D eigenvalue weighted by atomic mass is 79.9. The Morgan fingerprint density at radius 3 is 2.74 bits per heavy atom. The third-order valence-electron chi connectivity index (χ3n) is 4.20. The maximum Gasteiger partial charge on any atom is 0.272 e. The first kappa shape index (κ1) is 18.0. The van der Waals surface area contributed by atoms with Gasteiger partial charge in [-0.1, -0.05) is 28.1 Å². The number of hydrogen-bond donors (Lipinski definition) is 2. The fourth-order valence-electron chi connectivity index (χ4n) is 2.95. The molecule has 124 valence electrons. The van der Waals surface area contributed by atoms with E-state index in [2.05, 4.69) is 33.1 Å². The summed E-state index contributed by atoms with van der Waals surface area (Å²) >= 11 is 3.41. The molecule has 1 fully saturated rings. The molecular weight excluding hydrogens is 380 g/mol. The van der Waals surface area contributed by atoms with Crippen LogP contribution in [-0.2, 0) is 0 Å². The lowest BCUT2D eigenvalue weighted by molar-refractivity contribution is 0.0737. The van der Waals surface area contributed by atoms with Crippen LogP contribution in [0.1, 0.15) is 23.8 Å². The standard InChI is InChI=1S/C16H19BrN4O.ClH/c1-10-6-11(8-18)9-21(10)16(22)15-7-14(19-20-15)12-2-4-13(17)5-3-12;/h2-5,7,10-11H,6,8-9,18H2,1H3,(H,19,20);1H. The smallest absolute Gasteiger partial charge is 0.272 e. The van der Waals surface area contributed by atoms with E-state index in [0.717, 1.165) is 28.7 Å². The molecule has 1 saturated heterocycles. The molecule has 0 spiro atoms. The molecular formula is C16H20BrClN4O. The van der Waals surface area contributed by atoms with Crippen molar-refractivity contribution in [2.75, 3.05) is 13.1 Å². The maximum atomic E-state index is 12.6. The molecule has 0 bridgehead atoms. The number of nitrogens with zero attached hydrogens (tertiary/aromatic N) is 2. The number of aromatic nitrogens is 2. The molecule has 7 heteroatoms. The molecule has 0 radical (unpaired) electrons. The van der Waals surface area contributed by atoms with Crippen LogP contribution >= 0.6 is 28.3 Å². The molecule has 1 aromatic carbocycles. The van der Waals surface area contributed by atoms with Crippen LogP contribution in [0.3, 0.4) is 0 Å². The number of likely N-dealkylation sites (tertiary alicyclic amines) is 1. The maximum absolute atomic E-state index is 12.6. The highest BCUT2D eigenvalue weighted by Crippen LogP contribution is 2.25. The lowest BCUT2D eigenvalue weighted by atomic mass is 10.1. The Morgan fingerprint density at radius 1 is 1.43 bits per heavy atom. The number of nitrogens with one attached hydrogen (secondary N) is 1. The van der Waals surface area contributed by atoms with Gasteiger partial charge in [0.05, 0.1) is 5.69 Å². The molecule has 1 aromatic heterocycles. The van der Waals surface area contributed by atoms with Crippen LogP contribution in [0.25, 0.3) is 11.3 Å². The molecule has 2 atom stereocenters. The van der Waals surface area contributed by atoms with Gasteiger partial charge in [0.15, 0.2) is 0 Å². The molecule has 2 unspecified atom stereocenters. The van der Waals surface area contributed by atoms with Gasteiger partial charge in [-0.3, -0.25) is 9.89 Å². The molecule has 5 nitrogen and oxygen atoms in total. The molecule has 1 aliphatic rings. The SMILES string of the molecule is CC1CC(CN)CN1C(=O)c1cc(-c2ccc(Br)cc2)n[nH]1.Cl. The minimum absolute atomic E-state index is 0. The second-order valence-electron chi connectivity index (χ2n) is 5.82. The number of carbonyl (C=O) groups excluding carboxylic acids is 1. The Kier molecular flexibility index (Phi) is 5.84. The predicted octanol–water partition coefficient (Wildman–Crippen LogP) is 3.07. The molecule has 3 rings (SSSR count). The van der Waals surface area contributed by atoms with Crippen LogP contribution in [0, 0.1) is 5.92 Å². The van der Waals surface area contributed by atoms with Crippen molar-refractivity contribution in [1.82, 2.24) is 15.1 Å². The van der Waals surface area contributed by atoms with Crippen molar-refractivity contribution in [1.29, 1.82) is 0 Å². The van der Waals surface area contributed by atoms with Crippen LogP contribution in [0.4, 0.5) is 0 Å². The van der Waals surface area contributed by atoms with Gasteiger partial charge < -0.3 is 10.6 Å². The number of H-pyrrole nitrogens is 1. The van der Waals surface area contributed by atoms with Gasteiger partial charge in [0.2, 0.25) is 0 Å². The van der Waals surface area contributed by atoms with Gasteiger partial charge in [-0.2, -0.15) is 5.10 Å². The van der Waals surface area contributed by atoms with Gasteiger partial charge in [-0.05, 0) is 44.0 Å². The largest absolute Gasteiger partial charge is 0.334 e. The number of nitrogens with two attached hydrogens (primary N) is 1. The first-order valence-electron chi connectivity index (χ1n) is 7.41. The number of carbonyl (C=O) groups is 1. The van der Waals surface area contributed by atoms with Gasteiger partial charge in [0, 0.05) is 22.6 Å². The molecule has 3 N–H and O–H groups in total. The minimum Gasteiger partial charge on any atom is -0.334 e. The Hall–Kier alpha value is -1.37. The molecule has 2 aromatic rings. The van der Waals surface area contributed by atoms with E-state index in [4.69, 9.17) is 5.73 Å². The van der Waals surface area contributed by atoms with E-state index in [9.17, 15) is 4.79 Å². The summed E-state index contributed by atoms with van der Waals surface area (Å²) in [5.41, 5.74) is 8.01. The van der Waals surface area contributed by atoms with Crippen molar-refractivity contribution >= 4 is 34.2 Å². The average Bonchev–Trinajstić information content (AvgIpc) is 3.14. The first-order chi connectivity index (χ1) is 10.6. The zero-order valence-electron chi connectivity index (χ0n) is 12.8. The number of hydrogen-bond acceptors (Lipinski definition) is 3. The average molecular weight is 400 g/mol. The Bertz CT molecular complexity index is 673. The Labute approximate surface area is 150 Å². The van der Waals surface area contributed by atoms with Crippen LogP contribution in [0.15, 0.2) is 34.8 Å². The quantitative estimate of drug-likeness (QED) is 0.833. The van der Waals surface area contributed by atoms with Crippen molar-refractivity contribution in [3.8, 4) is 11.3 Å². The van der Waals surface area contributed by atoms with Gasteiger partial charge in [-0.15, -0.1) is 12.4 Å². The fourth-order valence-corrected chi connectivity index (χ4v) is 3.21. The number of halogens is 2. The lowest BCUT2D eigenvalue weighted by Crippen LogP contribution is -2.34. The number of benzene rings is 1. The van der Waals surface area contributed by atoms with Crippen LogP contribution in [0.2, 0.25) is 0 Å². The zero-order chi connectivity index (χ0) is 15.7. The van der Waals surface area contributed by atoms with E-state index in [-0.39, 0.29) is 24.4 Å². The van der Waals surface area contributed by atoms with Crippen molar-refractivity contribution < 1.29 is 4.79 Å². The summed E-state index contributed by atoms with van der Waals surface area (Å²) in [5, 5.41) is 7.13. The molecule has 0 aliphatic carbocycles. The third-order valence-corrected chi connectivity index (χ3v) is 4.73. The van der Waals surface area contributed by atoms with Gasteiger partial charge in [-0.25, -0.2) is 0 Å².